The van der Waals surface area contributed by atoms with E-state index in [4.69, 9.17) is 11.6 Å². The summed E-state index contributed by atoms with van der Waals surface area (Å²) in [7, 11) is 0. The van der Waals surface area contributed by atoms with E-state index in [1.807, 2.05) is 13.0 Å². The van der Waals surface area contributed by atoms with Gasteiger partial charge in [0.25, 0.3) is 17.3 Å². The number of nitro benzene ring substituents is 2. The van der Waals surface area contributed by atoms with E-state index in [1.165, 1.54) is 35.6 Å². The van der Waals surface area contributed by atoms with Gasteiger partial charge in [0.1, 0.15) is 20.9 Å². The number of carbonyl (C=O) groups excluding carboxylic acids is 1. The van der Waals surface area contributed by atoms with Gasteiger partial charge in [-0.05, 0) is 49.2 Å². The first-order valence-corrected chi connectivity index (χ1v) is 12.5. The number of nitrogens with zero attached hydrogens (tertiary/aromatic N) is 5. The zero-order valence-corrected chi connectivity index (χ0v) is 22.1. The van der Waals surface area contributed by atoms with Gasteiger partial charge in [0.15, 0.2) is 5.15 Å². The van der Waals surface area contributed by atoms with Gasteiger partial charge in [-0.15, -0.1) is 0 Å². The van der Waals surface area contributed by atoms with Gasteiger partial charge in [0.05, 0.1) is 21.1 Å². The van der Waals surface area contributed by atoms with E-state index >= 15 is 0 Å². The lowest BCUT2D eigenvalue weighted by Gasteiger charge is -2.07. The SMILES string of the molecule is Cc1cnc(Cl)c(NC(=O)c2ccccc2[N+](=O)[O-])c1.Cc1cnc2sc(-c3ccccc3[N+](=O)[O-])nc2c1. The summed E-state index contributed by atoms with van der Waals surface area (Å²) in [5.41, 5.74) is 3.23. The minimum absolute atomic E-state index is 0.0323. The number of pyridine rings is 2. The average Bonchev–Trinajstić information content (AvgIpc) is 3.34. The molecule has 0 aliphatic heterocycles. The van der Waals surface area contributed by atoms with Gasteiger partial charge in [-0.2, -0.15) is 0 Å². The molecule has 11 nitrogen and oxygen atoms in total. The number of para-hydroxylation sites is 2. The number of aromatic nitrogens is 3. The van der Waals surface area contributed by atoms with E-state index in [1.54, 1.807) is 49.6 Å². The molecule has 0 aliphatic rings. The second-order valence-electron chi connectivity index (χ2n) is 8.21. The molecular weight excluding hydrogens is 544 g/mol. The van der Waals surface area contributed by atoms with Crippen LogP contribution in [0.5, 0.6) is 0 Å². The Morgan fingerprint density at radius 3 is 2.23 bits per heavy atom. The van der Waals surface area contributed by atoms with Crippen molar-refractivity contribution in [1.82, 2.24) is 15.0 Å². The zero-order valence-electron chi connectivity index (χ0n) is 20.5. The van der Waals surface area contributed by atoms with Gasteiger partial charge >= 0.3 is 0 Å². The number of hydrogen-bond donors (Lipinski definition) is 1. The molecule has 0 bridgehead atoms. The largest absolute Gasteiger partial charge is 0.319 e. The predicted octanol–water partition coefficient (Wildman–Crippen LogP) is 6.78. The van der Waals surface area contributed by atoms with Crippen LogP contribution in [0.4, 0.5) is 17.1 Å². The first-order valence-electron chi connectivity index (χ1n) is 11.3. The van der Waals surface area contributed by atoms with Gasteiger partial charge in [0.2, 0.25) is 0 Å². The monoisotopic (exact) mass is 562 g/mol. The Labute approximate surface area is 230 Å². The molecule has 196 valence electrons. The van der Waals surface area contributed by atoms with Crippen LogP contribution in [-0.4, -0.2) is 30.7 Å². The highest BCUT2D eigenvalue weighted by Gasteiger charge is 2.20. The lowest BCUT2D eigenvalue weighted by molar-refractivity contribution is -0.385. The fourth-order valence-electron chi connectivity index (χ4n) is 3.51. The number of anilines is 1. The number of rotatable bonds is 5. The third-order valence-electron chi connectivity index (χ3n) is 5.28. The summed E-state index contributed by atoms with van der Waals surface area (Å²) in [6, 6.07) is 15.9. The maximum Gasteiger partial charge on any atom is 0.282 e. The Hall–Kier alpha value is -4.81. The van der Waals surface area contributed by atoms with Crippen LogP contribution in [-0.2, 0) is 0 Å². The molecule has 3 aromatic heterocycles. The molecule has 0 unspecified atom stereocenters. The minimum atomic E-state index is -0.606. The second-order valence-corrected chi connectivity index (χ2v) is 9.55. The smallest absolute Gasteiger partial charge is 0.282 e. The summed E-state index contributed by atoms with van der Waals surface area (Å²) in [4.78, 5) is 46.4. The number of thiazole rings is 1. The number of hydrogen-bond acceptors (Lipinski definition) is 9. The van der Waals surface area contributed by atoms with E-state index in [0.717, 1.165) is 21.5 Å². The van der Waals surface area contributed by atoms with Gasteiger partial charge in [-0.1, -0.05) is 47.2 Å². The summed E-state index contributed by atoms with van der Waals surface area (Å²) in [5, 5.41) is 25.2. The molecule has 0 radical (unpaired) electrons. The number of nitro groups is 2. The number of amides is 1. The van der Waals surface area contributed by atoms with E-state index < -0.39 is 10.8 Å². The molecule has 0 saturated heterocycles. The molecule has 5 aromatic rings. The van der Waals surface area contributed by atoms with Crippen molar-refractivity contribution in [2.24, 2.45) is 0 Å². The Morgan fingerprint density at radius 1 is 0.897 bits per heavy atom. The summed E-state index contributed by atoms with van der Waals surface area (Å²) in [6.07, 6.45) is 3.33. The van der Waals surface area contributed by atoms with Crippen molar-refractivity contribution in [3.8, 4) is 10.6 Å². The molecular formula is C26H19ClN6O5S. The van der Waals surface area contributed by atoms with Gasteiger partial charge in [0, 0.05) is 24.5 Å². The van der Waals surface area contributed by atoms with Crippen LogP contribution in [0.15, 0.2) is 73.1 Å². The minimum Gasteiger partial charge on any atom is -0.319 e. The molecule has 5 rings (SSSR count). The van der Waals surface area contributed by atoms with Gasteiger partial charge < -0.3 is 5.32 Å². The summed E-state index contributed by atoms with van der Waals surface area (Å²) in [5.74, 6) is -0.605. The quantitative estimate of drug-likeness (QED) is 0.140. The Balaban J connectivity index is 0.000000181. The number of benzene rings is 2. The second kappa shape index (κ2) is 11.7. The summed E-state index contributed by atoms with van der Waals surface area (Å²) >= 11 is 7.23. The highest BCUT2D eigenvalue weighted by molar-refractivity contribution is 7.21. The molecule has 0 spiro atoms. The van der Waals surface area contributed by atoms with Crippen molar-refractivity contribution < 1.29 is 14.6 Å². The molecule has 13 heteroatoms. The van der Waals surface area contributed by atoms with Crippen LogP contribution >= 0.6 is 22.9 Å². The van der Waals surface area contributed by atoms with E-state index in [9.17, 15) is 25.0 Å². The third kappa shape index (κ3) is 6.37. The predicted molar refractivity (Wildman–Crippen MR) is 149 cm³/mol. The first kappa shape index (κ1) is 27.2. The van der Waals surface area contributed by atoms with Crippen LogP contribution in [0.25, 0.3) is 20.9 Å². The van der Waals surface area contributed by atoms with Crippen LogP contribution in [0, 0.1) is 34.1 Å². The average molecular weight is 563 g/mol. The van der Waals surface area contributed by atoms with E-state index in [-0.39, 0.29) is 27.0 Å². The topological polar surface area (TPSA) is 154 Å². The van der Waals surface area contributed by atoms with E-state index in [0.29, 0.717) is 16.3 Å². The van der Waals surface area contributed by atoms with Crippen LogP contribution in [0.3, 0.4) is 0 Å². The lowest BCUT2D eigenvalue weighted by Crippen LogP contribution is -2.14. The molecule has 0 atom stereocenters. The molecule has 3 heterocycles. The Bertz CT molecular complexity index is 1720. The van der Waals surface area contributed by atoms with Gasteiger partial charge in [-0.3, -0.25) is 25.0 Å². The molecule has 39 heavy (non-hydrogen) atoms. The third-order valence-corrected chi connectivity index (χ3v) is 6.60. The summed E-state index contributed by atoms with van der Waals surface area (Å²) in [6.45, 7) is 3.74. The standard InChI is InChI=1S/C13H10ClN3O3.C13H9N3O2S/c1-8-6-10(12(14)15-7-8)16-13(18)9-4-2-3-5-11(9)17(19)20;1-8-6-10-13(14-7-8)19-12(15-10)9-4-2-3-5-11(9)16(17)18/h2-7H,1H3,(H,16,18);2-7H,1H3. The first-order chi connectivity index (χ1) is 18.6. The highest BCUT2D eigenvalue weighted by atomic mass is 35.5. The van der Waals surface area contributed by atoms with Crippen molar-refractivity contribution in [2.75, 3.05) is 5.32 Å². The molecule has 0 saturated carbocycles. The fraction of sp³-hybridized carbons (Fsp3) is 0.0769. The van der Waals surface area contributed by atoms with Crippen LogP contribution in [0.1, 0.15) is 21.5 Å². The van der Waals surface area contributed by atoms with E-state index in [2.05, 4.69) is 20.3 Å². The highest BCUT2D eigenvalue weighted by Crippen LogP contribution is 2.34. The Morgan fingerprint density at radius 2 is 1.51 bits per heavy atom. The number of aryl methyl sites for hydroxylation is 2. The van der Waals surface area contributed by atoms with Gasteiger partial charge in [-0.25, -0.2) is 15.0 Å². The zero-order chi connectivity index (χ0) is 28.1. The van der Waals surface area contributed by atoms with Crippen LogP contribution < -0.4 is 5.32 Å². The van der Waals surface area contributed by atoms with Crippen molar-refractivity contribution in [1.29, 1.82) is 0 Å². The molecule has 2 aromatic carbocycles. The number of fused-ring (bicyclic) bond motifs is 1. The molecule has 1 N–H and O–H groups in total. The van der Waals surface area contributed by atoms with Crippen molar-refractivity contribution in [2.45, 2.75) is 13.8 Å². The van der Waals surface area contributed by atoms with Crippen LogP contribution in [0.2, 0.25) is 5.15 Å². The van der Waals surface area contributed by atoms with Crippen molar-refractivity contribution in [3.63, 3.8) is 0 Å². The number of carbonyl (C=O) groups is 1. The molecule has 1 amide bonds. The van der Waals surface area contributed by atoms with Crippen molar-refractivity contribution in [3.05, 3.63) is 115 Å². The normalized spacial score (nSPS) is 10.4. The maximum absolute atomic E-state index is 12.1. The maximum atomic E-state index is 12.1. The fourth-order valence-corrected chi connectivity index (χ4v) is 4.58. The number of halogens is 1. The Kier molecular flexibility index (Phi) is 8.18. The summed E-state index contributed by atoms with van der Waals surface area (Å²) < 4.78 is 0. The van der Waals surface area contributed by atoms with Crippen molar-refractivity contribution >= 4 is 56.3 Å². The number of nitrogens with one attached hydrogen (secondary N) is 1. The molecule has 0 aliphatic carbocycles. The lowest BCUT2D eigenvalue weighted by atomic mass is 10.1. The molecule has 0 fully saturated rings.